The molecule has 3 nitrogen and oxygen atoms in total. The number of fused-ring (bicyclic) bond motifs is 1. The van der Waals surface area contributed by atoms with E-state index in [-0.39, 0.29) is 6.04 Å². The van der Waals surface area contributed by atoms with Gasteiger partial charge in [-0.1, -0.05) is 30.3 Å². The van der Waals surface area contributed by atoms with Crippen LogP contribution in [0.4, 0.5) is 8.78 Å². The molecule has 0 bridgehead atoms. The lowest BCUT2D eigenvalue weighted by Gasteiger charge is -2.42. The first-order valence-corrected chi connectivity index (χ1v) is 8.84. The summed E-state index contributed by atoms with van der Waals surface area (Å²) in [6.45, 7) is 4.36. The molecule has 0 amide bonds. The molecule has 1 aliphatic rings. The van der Waals surface area contributed by atoms with E-state index in [9.17, 15) is 8.78 Å². The first kappa shape index (κ1) is 17.1. The molecule has 2 heterocycles. The van der Waals surface area contributed by atoms with E-state index in [2.05, 4.69) is 15.6 Å². The Kier molecular flexibility index (Phi) is 4.42. The van der Waals surface area contributed by atoms with E-state index in [1.54, 1.807) is 12.3 Å². The van der Waals surface area contributed by atoms with Crippen LogP contribution in [0, 0.1) is 11.6 Å². The summed E-state index contributed by atoms with van der Waals surface area (Å²) >= 11 is 0. The molecule has 2 unspecified atom stereocenters. The fourth-order valence-electron chi connectivity index (χ4n) is 4.02. The van der Waals surface area contributed by atoms with Crippen LogP contribution >= 0.6 is 0 Å². The van der Waals surface area contributed by atoms with Gasteiger partial charge in [0.15, 0.2) is 0 Å². The second kappa shape index (κ2) is 6.74. The summed E-state index contributed by atoms with van der Waals surface area (Å²) in [6, 6.07) is 13.6. The molecule has 2 N–H and O–H groups in total. The van der Waals surface area contributed by atoms with E-state index in [0.717, 1.165) is 35.6 Å². The van der Waals surface area contributed by atoms with Crippen LogP contribution < -0.4 is 10.6 Å². The number of hydrogen-bond donors (Lipinski definition) is 2. The average molecular weight is 353 g/mol. The Balaban J connectivity index is 1.98. The van der Waals surface area contributed by atoms with Crippen molar-refractivity contribution in [2.24, 2.45) is 0 Å². The van der Waals surface area contributed by atoms with Crippen molar-refractivity contribution in [3.05, 3.63) is 77.5 Å². The molecule has 134 valence electrons. The van der Waals surface area contributed by atoms with E-state index in [1.165, 1.54) is 6.07 Å². The maximum atomic E-state index is 14.9. The Labute approximate surface area is 151 Å². The van der Waals surface area contributed by atoms with E-state index >= 15 is 0 Å². The molecule has 26 heavy (non-hydrogen) atoms. The van der Waals surface area contributed by atoms with Gasteiger partial charge in [-0.05, 0) is 24.6 Å². The lowest BCUT2D eigenvalue weighted by molar-refractivity contribution is 0.310. The second-order valence-corrected chi connectivity index (χ2v) is 6.92. The molecule has 2 aromatic carbocycles. The molecule has 1 aliphatic heterocycles. The van der Waals surface area contributed by atoms with E-state index in [0.29, 0.717) is 12.1 Å². The van der Waals surface area contributed by atoms with Gasteiger partial charge in [-0.15, -0.1) is 0 Å². The fourth-order valence-corrected chi connectivity index (χ4v) is 4.02. The summed E-state index contributed by atoms with van der Waals surface area (Å²) in [4.78, 5) is 4.57. The summed E-state index contributed by atoms with van der Waals surface area (Å²) in [5.41, 5.74) is 1.54. The lowest BCUT2D eigenvalue weighted by Crippen LogP contribution is -2.58. The van der Waals surface area contributed by atoms with Crippen LogP contribution in [0.5, 0.6) is 0 Å². The first-order valence-electron chi connectivity index (χ1n) is 8.84. The molecule has 0 saturated carbocycles. The zero-order valence-electron chi connectivity index (χ0n) is 14.6. The second-order valence-electron chi connectivity index (χ2n) is 6.92. The molecule has 1 saturated heterocycles. The van der Waals surface area contributed by atoms with Crippen molar-refractivity contribution in [2.45, 2.75) is 18.4 Å². The average Bonchev–Trinajstić information content (AvgIpc) is 2.67. The molecule has 0 aliphatic carbocycles. The smallest absolute Gasteiger partial charge is 0.130 e. The highest BCUT2D eigenvalue weighted by Gasteiger charge is 2.41. The molecule has 5 heteroatoms. The Bertz CT molecular complexity index is 932. The quantitative estimate of drug-likeness (QED) is 0.758. The summed E-state index contributed by atoms with van der Waals surface area (Å²) in [6.07, 6.45) is 1.75. The highest BCUT2D eigenvalue weighted by atomic mass is 19.1. The topological polar surface area (TPSA) is 37.0 Å². The minimum absolute atomic E-state index is 0.0520. The van der Waals surface area contributed by atoms with Gasteiger partial charge in [0.25, 0.3) is 0 Å². The molecule has 2 atom stereocenters. The summed E-state index contributed by atoms with van der Waals surface area (Å²) < 4.78 is 28.4. The van der Waals surface area contributed by atoms with Crippen LogP contribution in [0.1, 0.15) is 18.1 Å². The van der Waals surface area contributed by atoms with Crippen LogP contribution in [0.25, 0.3) is 10.9 Å². The van der Waals surface area contributed by atoms with Gasteiger partial charge in [0, 0.05) is 54.3 Å². The number of benzene rings is 2. The molecule has 0 spiro atoms. The Hall–Kier alpha value is -2.37. The van der Waals surface area contributed by atoms with Crippen molar-refractivity contribution in [3.8, 4) is 0 Å². The number of hydrogen-bond acceptors (Lipinski definition) is 3. The van der Waals surface area contributed by atoms with Crippen LogP contribution in [-0.2, 0) is 5.41 Å². The summed E-state index contributed by atoms with van der Waals surface area (Å²) in [7, 11) is 0. The maximum absolute atomic E-state index is 14.9. The molecule has 1 fully saturated rings. The third kappa shape index (κ3) is 2.77. The number of rotatable bonds is 3. The molecular formula is C21H21F2N3. The van der Waals surface area contributed by atoms with Gasteiger partial charge in [-0.2, -0.15) is 0 Å². The molecular weight excluding hydrogens is 332 g/mol. The molecule has 4 rings (SSSR count). The number of piperazine rings is 1. The van der Waals surface area contributed by atoms with Gasteiger partial charge in [-0.25, -0.2) is 8.78 Å². The van der Waals surface area contributed by atoms with Gasteiger partial charge in [-0.3, -0.25) is 4.98 Å². The van der Waals surface area contributed by atoms with E-state index in [1.807, 2.05) is 37.3 Å². The Morgan fingerprint density at radius 1 is 1.04 bits per heavy atom. The minimum atomic E-state index is -0.709. The lowest BCUT2D eigenvalue weighted by atomic mass is 9.69. The third-order valence-corrected chi connectivity index (χ3v) is 5.42. The van der Waals surface area contributed by atoms with Crippen molar-refractivity contribution in [2.75, 3.05) is 19.6 Å². The predicted molar refractivity (Wildman–Crippen MR) is 99.2 cm³/mol. The number of para-hydroxylation sites is 1. The summed E-state index contributed by atoms with van der Waals surface area (Å²) in [5, 5.41) is 7.89. The highest BCUT2D eigenvalue weighted by Crippen LogP contribution is 2.40. The maximum Gasteiger partial charge on any atom is 0.130 e. The third-order valence-electron chi connectivity index (χ3n) is 5.42. The van der Waals surface area contributed by atoms with E-state index < -0.39 is 17.0 Å². The van der Waals surface area contributed by atoms with Gasteiger partial charge in [0.1, 0.15) is 11.6 Å². The largest absolute Gasteiger partial charge is 0.314 e. The zero-order chi connectivity index (χ0) is 18.1. The standard InChI is InChI=1S/C21H21F2N3/c1-21(19-13-24-10-11-25-19,16-8-7-15(22)12-18(16)23)17-6-2-4-14-5-3-9-26-20(14)17/h2-9,12,19,24-25H,10-11,13H2,1H3. The minimum Gasteiger partial charge on any atom is -0.314 e. The van der Waals surface area contributed by atoms with Crippen LogP contribution in [0.15, 0.2) is 54.7 Å². The fraction of sp³-hybridized carbons (Fsp3) is 0.286. The van der Waals surface area contributed by atoms with Gasteiger partial charge in [0.05, 0.1) is 5.52 Å². The normalized spacial score (nSPS) is 20.0. The molecule has 1 aromatic heterocycles. The number of aromatic nitrogens is 1. The van der Waals surface area contributed by atoms with Crippen molar-refractivity contribution in [1.82, 2.24) is 15.6 Å². The van der Waals surface area contributed by atoms with Crippen LogP contribution in [0.2, 0.25) is 0 Å². The van der Waals surface area contributed by atoms with Crippen molar-refractivity contribution in [3.63, 3.8) is 0 Å². The van der Waals surface area contributed by atoms with Gasteiger partial charge >= 0.3 is 0 Å². The molecule has 3 aromatic rings. The summed E-state index contributed by atoms with van der Waals surface area (Å²) in [5.74, 6) is -1.10. The molecule has 0 radical (unpaired) electrons. The highest BCUT2D eigenvalue weighted by molar-refractivity contribution is 5.83. The van der Waals surface area contributed by atoms with Crippen LogP contribution in [0.3, 0.4) is 0 Å². The SMILES string of the molecule is CC(c1ccc(F)cc1F)(c1cccc2cccnc12)C1CNCCN1. The number of nitrogens with one attached hydrogen (secondary N) is 2. The van der Waals surface area contributed by atoms with E-state index in [4.69, 9.17) is 0 Å². The van der Waals surface area contributed by atoms with Gasteiger partial charge in [0.2, 0.25) is 0 Å². The zero-order valence-corrected chi connectivity index (χ0v) is 14.6. The predicted octanol–water partition coefficient (Wildman–Crippen LogP) is 3.38. The number of halogens is 2. The Morgan fingerprint density at radius 3 is 2.65 bits per heavy atom. The van der Waals surface area contributed by atoms with Gasteiger partial charge < -0.3 is 10.6 Å². The number of pyridine rings is 1. The first-order chi connectivity index (χ1) is 12.6. The Morgan fingerprint density at radius 2 is 1.88 bits per heavy atom. The number of nitrogens with zero attached hydrogens (tertiary/aromatic N) is 1. The van der Waals surface area contributed by atoms with Crippen LogP contribution in [-0.4, -0.2) is 30.7 Å². The monoisotopic (exact) mass is 353 g/mol. The van der Waals surface area contributed by atoms with Crippen molar-refractivity contribution >= 4 is 10.9 Å². The van der Waals surface area contributed by atoms with Crippen molar-refractivity contribution in [1.29, 1.82) is 0 Å². The van der Waals surface area contributed by atoms with Crippen molar-refractivity contribution < 1.29 is 8.78 Å².